The second-order valence-electron chi connectivity index (χ2n) is 3.19. The minimum Gasteiger partial charge on any atom is -0.399 e. The average Bonchev–Trinajstić information content (AvgIpc) is 2.26. The van der Waals surface area contributed by atoms with Gasteiger partial charge < -0.3 is 16.1 Å². The van der Waals surface area contributed by atoms with Crippen molar-refractivity contribution in [1.29, 1.82) is 0 Å². The lowest BCUT2D eigenvalue weighted by Gasteiger charge is -2.18. The van der Waals surface area contributed by atoms with Crippen LogP contribution < -0.4 is 17.0 Å². The van der Waals surface area contributed by atoms with Crippen molar-refractivity contribution in [3.05, 3.63) is 11.4 Å². The maximum absolute atomic E-state index is 11.1. The third kappa shape index (κ3) is 2.35. The number of allylic oxidation sites excluding steroid dienone is 1. The molecule has 0 fully saturated rings. The van der Waals surface area contributed by atoms with Gasteiger partial charge in [-0.05, 0) is 12.8 Å². The van der Waals surface area contributed by atoms with E-state index in [1.54, 1.807) is 11.8 Å². The zero-order valence-electron chi connectivity index (χ0n) is 7.84. The van der Waals surface area contributed by atoms with Crippen molar-refractivity contribution in [2.75, 3.05) is 13.1 Å². The molecular weight excluding hydrogens is 168 g/mol. The molecule has 1 amide bonds. The quantitative estimate of drug-likeness (QED) is 0.381. The van der Waals surface area contributed by atoms with Crippen LogP contribution in [0, 0.1) is 0 Å². The van der Waals surface area contributed by atoms with Gasteiger partial charge in [-0.15, -0.1) is 0 Å². The average molecular weight is 186 g/mol. The predicted octanol–water partition coefficient (Wildman–Crippen LogP) is -0.492. The first kappa shape index (κ1) is 9.85. The van der Waals surface area contributed by atoms with Gasteiger partial charge in [0.1, 0.15) is 0 Å². The van der Waals surface area contributed by atoms with E-state index in [1.807, 2.05) is 0 Å². The number of nitrogens with one attached hydrogen (secondary N) is 1. The smallest absolute Gasteiger partial charge is 0.219 e. The van der Waals surface area contributed by atoms with E-state index in [2.05, 4.69) is 5.43 Å². The molecule has 0 saturated heterocycles. The first-order valence-electron chi connectivity index (χ1n) is 4.34. The standard InChI is InChI=1S/C8H16N4O.H2/c1-6(13)12-4-2-3-8(11-10)7(9)5-12;/h11H,2-5,9-10H2,1H3;1H. The molecule has 1 aliphatic rings. The van der Waals surface area contributed by atoms with Crippen LogP contribution in [0.2, 0.25) is 0 Å². The van der Waals surface area contributed by atoms with Crippen LogP contribution in [-0.2, 0) is 4.79 Å². The number of rotatable bonds is 1. The minimum absolute atomic E-state index is 0. The lowest BCUT2D eigenvalue weighted by molar-refractivity contribution is -0.128. The van der Waals surface area contributed by atoms with Crippen molar-refractivity contribution >= 4 is 5.91 Å². The second kappa shape index (κ2) is 4.13. The van der Waals surface area contributed by atoms with Gasteiger partial charge in [-0.3, -0.25) is 10.6 Å². The van der Waals surface area contributed by atoms with Crippen LogP contribution in [0.5, 0.6) is 0 Å². The Hall–Kier alpha value is -1.23. The number of nitrogens with two attached hydrogens (primary N) is 2. The SMILES string of the molecule is CC(=O)N1CCCC(NN)=C(N)C1.[HH]. The maximum atomic E-state index is 11.1. The summed E-state index contributed by atoms with van der Waals surface area (Å²) in [4.78, 5) is 12.8. The molecule has 5 heteroatoms. The summed E-state index contributed by atoms with van der Waals surface area (Å²) in [6, 6.07) is 0. The van der Waals surface area contributed by atoms with E-state index < -0.39 is 0 Å². The number of carbonyl (C=O) groups excluding carboxylic acids is 1. The van der Waals surface area contributed by atoms with Crippen LogP contribution in [0.4, 0.5) is 0 Å². The molecule has 0 saturated carbocycles. The van der Waals surface area contributed by atoms with E-state index in [0.29, 0.717) is 12.2 Å². The van der Waals surface area contributed by atoms with Crippen LogP contribution in [0.25, 0.3) is 0 Å². The van der Waals surface area contributed by atoms with E-state index in [0.717, 1.165) is 25.1 Å². The molecule has 1 aliphatic heterocycles. The summed E-state index contributed by atoms with van der Waals surface area (Å²) >= 11 is 0. The van der Waals surface area contributed by atoms with Gasteiger partial charge >= 0.3 is 0 Å². The molecule has 1 heterocycles. The van der Waals surface area contributed by atoms with Crippen molar-refractivity contribution in [2.45, 2.75) is 19.8 Å². The summed E-state index contributed by atoms with van der Waals surface area (Å²) in [6.07, 6.45) is 1.71. The van der Waals surface area contributed by atoms with Crippen LogP contribution in [0.3, 0.4) is 0 Å². The van der Waals surface area contributed by atoms with Gasteiger partial charge in [0.05, 0.1) is 6.54 Å². The van der Waals surface area contributed by atoms with Crippen LogP contribution in [-0.4, -0.2) is 23.9 Å². The van der Waals surface area contributed by atoms with E-state index >= 15 is 0 Å². The molecular formula is C8H18N4O. The largest absolute Gasteiger partial charge is 0.399 e. The molecule has 0 spiro atoms. The number of hydrogen-bond donors (Lipinski definition) is 3. The highest BCUT2D eigenvalue weighted by Crippen LogP contribution is 2.11. The Bertz CT molecular complexity index is 241. The highest BCUT2D eigenvalue weighted by atomic mass is 16.2. The van der Waals surface area contributed by atoms with Crippen molar-refractivity contribution in [2.24, 2.45) is 11.6 Å². The molecule has 0 aliphatic carbocycles. The van der Waals surface area contributed by atoms with Gasteiger partial charge in [0.15, 0.2) is 0 Å². The van der Waals surface area contributed by atoms with Gasteiger partial charge in [-0.1, -0.05) is 0 Å². The first-order chi connectivity index (χ1) is 6.15. The number of carbonyl (C=O) groups is 1. The lowest BCUT2D eigenvalue weighted by Crippen LogP contribution is -2.33. The van der Waals surface area contributed by atoms with Crippen LogP contribution >= 0.6 is 0 Å². The van der Waals surface area contributed by atoms with Gasteiger partial charge in [0.2, 0.25) is 5.91 Å². The third-order valence-corrected chi connectivity index (χ3v) is 2.22. The fourth-order valence-corrected chi connectivity index (χ4v) is 1.42. The highest BCUT2D eigenvalue weighted by Gasteiger charge is 2.15. The first-order valence-corrected chi connectivity index (χ1v) is 4.34. The number of amides is 1. The topological polar surface area (TPSA) is 84.4 Å². The zero-order valence-corrected chi connectivity index (χ0v) is 7.84. The van der Waals surface area contributed by atoms with E-state index in [4.69, 9.17) is 11.6 Å². The molecule has 0 aromatic carbocycles. The molecule has 0 radical (unpaired) electrons. The molecule has 5 nitrogen and oxygen atoms in total. The number of nitrogens with zero attached hydrogens (tertiary/aromatic N) is 1. The molecule has 0 bridgehead atoms. The number of hydrogen-bond acceptors (Lipinski definition) is 4. The van der Waals surface area contributed by atoms with E-state index in [-0.39, 0.29) is 7.33 Å². The summed E-state index contributed by atoms with van der Waals surface area (Å²) in [5.41, 5.74) is 9.84. The summed E-state index contributed by atoms with van der Waals surface area (Å²) in [5, 5.41) is 0. The summed E-state index contributed by atoms with van der Waals surface area (Å²) in [7, 11) is 0. The molecule has 76 valence electrons. The summed E-state index contributed by atoms with van der Waals surface area (Å²) in [5.74, 6) is 5.35. The second-order valence-corrected chi connectivity index (χ2v) is 3.19. The van der Waals surface area contributed by atoms with Gasteiger partial charge in [-0.25, -0.2) is 0 Å². The molecule has 1 rings (SSSR count). The Morgan fingerprint density at radius 3 is 2.92 bits per heavy atom. The Kier molecular flexibility index (Phi) is 3.13. The Morgan fingerprint density at radius 2 is 2.38 bits per heavy atom. The molecule has 0 unspecified atom stereocenters. The Balaban J connectivity index is 0.00000169. The lowest BCUT2D eigenvalue weighted by atomic mass is 10.2. The Morgan fingerprint density at radius 1 is 1.69 bits per heavy atom. The third-order valence-electron chi connectivity index (χ3n) is 2.22. The van der Waals surface area contributed by atoms with Crippen LogP contribution in [0.1, 0.15) is 21.2 Å². The van der Waals surface area contributed by atoms with Crippen molar-refractivity contribution in [3.63, 3.8) is 0 Å². The normalized spacial score (nSPS) is 18.5. The van der Waals surface area contributed by atoms with E-state index in [9.17, 15) is 4.79 Å². The molecule has 0 atom stereocenters. The molecule has 13 heavy (non-hydrogen) atoms. The van der Waals surface area contributed by atoms with Crippen molar-refractivity contribution in [3.8, 4) is 0 Å². The fourth-order valence-electron chi connectivity index (χ4n) is 1.42. The zero-order chi connectivity index (χ0) is 9.84. The monoisotopic (exact) mass is 186 g/mol. The molecule has 5 N–H and O–H groups in total. The van der Waals surface area contributed by atoms with E-state index in [1.165, 1.54) is 0 Å². The van der Waals surface area contributed by atoms with Crippen LogP contribution in [0.15, 0.2) is 11.4 Å². The summed E-state index contributed by atoms with van der Waals surface area (Å²) in [6.45, 7) is 2.78. The van der Waals surface area contributed by atoms with Crippen molar-refractivity contribution in [1.82, 2.24) is 10.3 Å². The minimum atomic E-state index is 0. The van der Waals surface area contributed by atoms with Gasteiger partial charge in [0.25, 0.3) is 0 Å². The number of hydrazine groups is 1. The van der Waals surface area contributed by atoms with Gasteiger partial charge in [0, 0.05) is 26.3 Å². The predicted molar refractivity (Wildman–Crippen MR) is 52.1 cm³/mol. The molecule has 0 aromatic heterocycles. The highest BCUT2D eigenvalue weighted by molar-refractivity contribution is 5.73. The Labute approximate surface area is 79.2 Å². The van der Waals surface area contributed by atoms with Crippen molar-refractivity contribution < 1.29 is 6.22 Å². The maximum Gasteiger partial charge on any atom is 0.219 e. The van der Waals surface area contributed by atoms with Gasteiger partial charge in [-0.2, -0.15) is 0 Å². The fraction of sp³-hybridized carbons (Fsp3) is 0.625. The molecule has 0 aromatic rings. The summed E-state index contributed by atoms with van der Waals surface area (Å²) < 4.78 is 0.